The lowest BCUT2D eigenvalue weighted by Gasteiger charge is -2.26. The lowest BCUT2D eigenvalue weighted by molar-refractivity contribution is -0.133. The van der Waals surface area contributed by atoms with Crippen LogP contribution in [-0.4, -0.2) is 48.2 Å². The van der Waals surface area contributed by atoms with Crippen molar-refractivity contribution in [2.24, 2.45) is 0 Å². The molecule has 2 atom stereocenters. The maximum atomic E-state index is 11.5. The van der Waals surface area contributed by atoms with Gasteiger partial charge >= 0.3 is 0 Å². The highest BCUT2D eigenvalue weighted by Crippen LogP contribution is 2.09. The van der Waals surface area contributed by atoms with Crippen LogP contribution in [0.3, 0.4) is 0 Å². The molecule has 1 heterocycles. The van der Waals surface area contributed by atoms with Crippen molar-refractivity contribution in [3.05, 3.63) is 0 Å². The second-order valence-corrected chi connectivity index (χ2v) is 3.55. The number of aliphatic hydroxyl groups is 1. The second-order valence-electron chi connectivity index (χ2n) is 3.55. The highest BCUT2D eigenvalue weighted by molar-refractivity contribution is 5.76. The fourth-order valence-electron chi connectivity index (χ4n) is 1.62. The number of carbonyl (C=O) groups excluding carboxylic acids is 1. The number of aliphatic hydroxyl groups excluding tert-OH is 1. The van der Waals surface area contributed by atoms with Crippen LogP contribution in [0.25, 0.3) is 0 Å². The molecule has 0 spiro atoms. The standard InChI is InChI=1S/C9H18N2O2/c1-3-4-9(13)11(2)7-5-10-6-8(7)12/h7-8,10,12H,3-6H2,1-2H3. The molecule has 1 fully saturated rings. The Morgan fingerprint density at radius 2 is 2.31 bits per heavy atom. The summed E-state index contributed by atoms with van der Waals surface area (Å²) >= 11 is 0. The molecule has 4 nitrogen and oxygen atoms in total. The number of rotatable bonds is 3. The van der Waals surface area contributed by atoms with Gasteiger partial charge in [0.25, 0.3) is 0 Å². The summed E-state index contributed by atoms with van der Waals surface area (Å²) in [5, 5.41) is 12.6. The summed E-state index contributed by atoms with van der Waals surface area (Å²) in [4.78, 5) is 13.1. The third-order valence-electron chi connectivity index (χ3n) is 2.51. The van der Waals surface area contributed by atoms with Crippen LogP contribution in [0.5, 0.6) is 0 Å². The minimum absolute atomic E-state index is 0.0425. The Bertz CT molecular complexity index is 184. The van der Waals surface area contributed by atoms with Gasteiger partial charge in [0.05, 0.1) is 12.1 Å². The van der Waals surface area contributed by atoms with E-state index in [1.165, 1.54) is 0 Å². The van der Waals surface area contributed by atoms with Crippen LogP contribution >= 0.6 is 0 Å². The first-order valence-corrected chi connectivity index (χ1v) is 4.81. The van der Waals surface area contributed by atoms with Gasteiger partial charge in [-0.15, -0.1) is 0 Å². The van der Waals surface area contributed by atoms with E-state index in [2.05, 4.69) is 5.32 Å². The molecule has 76 valence electrons. The smallest absolute Gasteiger partial charge is 0.222 e. The van der Waals surface area contributed by atoms with E-state index in [-0.39, 0.29) is 11.9 Å². The summed E-state index contributed by atoms with van der Waals surface area (Å²) in [5.41, 5.74) is 0. The Morgan fingerprint density at radius 3 is 2.77 bits per heavy atom. The number of nitrogens with one attached hydrogen (secondary N) is 1. The van der Waals surface area contributed by atoms with E-state index in [9.17, 15) is 9.90 Å². The quantitative estimate of drug-likeness (QED) is 0.629. The van der Waals surface area contributed by atoms with E-state index in [4.69, 9.17) is 0 Å². The summed E-state index contributed by atoms with van der Waals surface area (Å²) in [6.45, 7) is 3.27. The molecule has 1 saturated heterocycles. The van der Waals surface area contributed by atoms with E-state index >= 15 is 0 Å². The zero-order valence-corrected chi connectivity index (χ0v) is 8.29. The largest absolute Gasteiger partial charge is 0.390 e. The van der Waals surface area contributed by atoms with Crippen molar-refractivity contribution >= 4 is 5.91 Å². The predicted molar refractivity (Wildman–Crippen MR) is 50.3 cm³/mol. The predicted octanol–water partition coefficient (Wildman–Crippen LogP) is -0.422. The van der Waals surface area contributed by atoms with Gasteiger partial charge in [0, 0.05) is 26.6 Å². The van der Waals surface area contributed by atoms with Crippen molar-refractivity contribution in [1.82, 2.24) is 10.2 Å². The average molecular weight is 186 g/mol. The number of nitrogens with zero attached hydrogens (tertiary/aromatic N) is 1. The van der Waals surface area contributed by atoms with Gasteiger partial charge in [0.1, 0.15) is 0 Å². The van der Waals surface area contributed by atoms with E-state index in [0.29, 0.717) is 19.5 Å². The van der Waals surface area contributed by atoms with Crippen molar-refractivity contribution in [3.8, 4) is 0 Å². The zero-order valence-electron chi connectivity index (χ0n) is 8.29. The van der Waals surface area contributed by atoms with Crippen molar-refractivity contribution in [2.45, 2.75) is 31.9 Å². The van der Waals surface area contributed by atoms with Crippen LogP contribution in [-0.2, 0) is 4.79 Å². The molecule has 4 heteroatoms. The fourth-order valence-corrected chi connectivity index (χ4v) is 1.62. The topological polar surface area (TPSA) is 52.6 Å². The highest BCUT2D eigenvalue weighted by atomic mass is 16.3. The second kappa shape index (κ2) is 4.58. The third kappa shape index (κ3) is 2.42. The van der Waals surface area contributed by atoms with Crippen molar-refractivity contribution in [2.75, 3.05) is 20.1 Å². The Morgan fingerprint density at radius 1 is 1.62 bits per heavy atom. The van der Waals surface area contributed by atoms with Gasteiger partial charge < -0.3 is 15.3 Å². The monoisotopic (exact) mass is 186 g/mol. The van der Waals surface area contributed by atoms with Gasteiger partial charge in [-0.05, 0) is 6.42 Å². The number of amides is 1. The van der Waals surface area contributed by atoms with Gasteiger partial charge in [-0.3, -0.25) is 4.79 Å². The van der Waals surface area contributed by atoms with Crippen LogP contribution in [0.15, 0.2) is 0 Å². The molecule has 0 aliphatic carbocycles. The van der Waals surface area contributed by atoms with Gasteiger partial charge in [-0.2, -0.15) is 0 Å². The maximum absolute atomic E-state index is 11.5. The lowest BCUT2D eigenvalue weighted by Crippen LogP contribution is -2.44. The number of likely N-dealkylation sites (N-methyl/N-ethyl adjacent to an activating group) is 1. The molecule has 2 N–H and O–H groups in total. The van der Waals surface area contributed by atoms with E-state index in [1.54, 1.807) is 11.9 Å². The van der Waals surface area contributed by atoms with Crippen molar-refractivity contribution in [1.29, 1.82) is 0 Å². The Balaban J connectivity index is 2.45. The Labute approximate surface area is 78.9 Å². The first kappa shape index (κ1) is 10.5. The highest BCUT2D eigenvalue weighted by Gasteiger charge is 2.30. The number of hydrogen-bond acceptors (Lipinski definition) is 3. The maximum Gasteiger partial charge on any atom is 0.222 e. The third-order valence-corrected chi connectivity index (χ3v) is 2.51. The molecule has 13 heavy (non-hydrogen) atoms. The first-order valence-electron chi connectivity index (χ1n) is 4.81. The SMILES string of the molecule is CCCC(=O)N(C)C1CNCC1O. The summed E-state index contributed by atoms with van der Waals surface area (Å²) < 4.78 is 0. The number of carbonyl (C=O) groups is 1. The first-order chi connectivity index (χ1) is 6.16. The van der Waals surface area contributed by atoms with Crippen LogP contribution in [0.1, 0.15) is 19.8 Å². The minimum atomic E-state index is -0.411. The minimum Gasteiger partial charge on any atom is -0.390 e. The lowest BCUT2D eigenvalue weighted by atomic mass is 10.1. The summed E-state index contributed by atoms with van der Waals surface area (Å²) in [7, 11) is 1.76. The fraction of sp³-hybridized carbons (Fsp3) is 0.889. The molecule has 1 aliphatic heterocycles. The van der Waals surface area contributed by atoms with E-state index in [1.807, 2.05) is 6.92 Å². The molecule has 1 amide bonds. The van der Waals surface area contributed by atoms with Crippen molar-refractivity contribution < 1.29 is 9.90 Å². The summed E-state index contributed by atoms with van der Waals surface area (Å²) in [6, 6.07) is -0.0425. The average Bonchev–Trinajstić information content (AvgIpc) is 2.50. The molecule has 0 saturated carbocycles. The van der Waals surface area contributed by atoms with Gasteiger partial charge in [0.15, 0.2) is 0 Å². The summed E-state index contributed by atoms with van der Waals surface area (Å²) in [6.07, 6.45) is 1.02. The van der Waals surface area contributed by atoms with Crippen LogP contribution in [0.4, 0.5) is 0 Å². The zero-order chi connectivity index (χ0) is 9.84. The summed E-state index contributed by atoms with van der Waals surface area (Å²) in [5.74, 6) is 0.121. The normalized spacial score (nSPS) is 27.6. The Kier molecular flexibility index (Phi) is 3.69. The van der Waals surface area contributed by atoms with Gasteiger partial charge in [-0.1, -0.05) is 6.92 Å². The van der Waals surface area contributed by atoms with Gasteiger partial charge in [-0.25, -0.2) is 0 Å². The Hall–Kier alpha value is -0.610. The van der Waals surface area contributed by atoms with Gasteiger partial charge in [0.2, 0.25) is 5.91 Å². The number of hydrogen-bond donors (Lipinski definition) is 2. The molecule has 0 aromatic carbocycles. The molecule has 0 bridgehead atoms. The van der Waals surface area contributed by atoms with Crippen LogP contribution in [0, 0.1) is 0 Å². The molecule has 1 rings (SSSR count). The molecule has 1 aliphatic rings. The van der Waals surface area contributed by atoms with E-state index in [0.717, 1.165) is 6.42 Å². The molecule has 0 aromatic rings. The molecule has 2 unspecified atom stereocenters. The van der Waals surface area contributed by atoms with Crippen LogP contribution < -0.4 is 5.32 Å². The molecular weight excluding hydrogens is 168 g/mol. The van der Waals surface area contributed by atoms with Crippen LogP contribution in [0.2, 0.25) is 0 Å². The number of β-amino-alcohol motifs (C(OH)–C–C–N with tert-alkyl or cyclic N) is 1. The van der Waals surface area contributed by atoms with E-state index < -0.39 is 6.10 Å². The molecule has 0 aromatic heterocycles. The molecule has 0 radical (unpaired) electrons. The molecular formula is C9H18N2O2. The van der Waals surface area contributed by atoms with Crippen molar-refractivity contribution in [3.63, 3.8) is 0 Å².